The van der Waals surface area contributed by atoms with Crippen LogP contribution in [-0.2, 0) is 0 Å². The van der Waals surface area contributed by atoms with Crippen molar-refractivity contribution in [3.05, 3.63) is 24.3 Å². The van der Waals surface area contributed by atoms with E-state index >= 15 is 0 Å². The number of hydrogen-bond acceptors (Lipinski definition) is 1. The van der Waals surface area contributed by atoms with Gasteiger partial charge in [-0.25, -0.2) is 0 Å². The summed E-state index contributed by atoms with van der Waals surface area (Å²) in [5.41, 5.74) is 6.97. The van der Waals surface area contributed by atoms with Crippen molar-refractivity contribution in [3.8, 4) is 0 Å². The Balaban J connectivity index is 4.48. The van der Waals surface area contributed by atoms with Gasteiger partial charge < -0.3 is 5.73 Å². The first-order valence-electron chi connectivity index (χ1n) is 5.91. The van der Waals surface area contributed by atoms with E-state index in [-0.39, 0.29) is 11.0 Å². The minimum Gasteiger partial charge on any atom is -0.325 e. The van der Waals surface area contributed by atoms with Crippen LogP contribution in [0, 0.1) is 5.41 Å². The molecule has 0 amide bonds. The summed E-state index contributed by atoms with van der Waals surface area (Å²) in [7, 11) is 0. The zero-order valence-electron chi connectivity index (χ0n) is 11.3. The molecule has 0 aliphatic carbocycles. The topological polar surface area (TPSA) is 26.0 Å². The Morgan fingerprint density at radius 2 is 1.88 bits per heavy atom. The Hall–Kier alpha value is 0.170. The molecule has 2 N–H and O–H groups in total. The van der Waals surface area contributed by atoms with Gasteiger partial charge in [0.1, 0.15) is 0 Å². The summed E-state index contributed by atoms with van der Waals surface area (Å²) in [6.45, 7) is 14.8. The summed E-state index contributed by atoms with van der Waals surface area (Å²) in [5.74, 6) is 0. The highest BCUT2D eigenvalue weighted by Crippen LogP contribution is 2.36. The van der Waals surface area contributed by atoms with Gasteiger partial charge in [0, 0.05) is 14.9 Å². The molecule has 1 atom stereocenters. The number of allylic oxidation sites excluding steroid dienone is 2. The molecule has 0 heterocycles. The van der Waals surface area contributed by atoms with Crippen LogP contribution in [0.4, 0.5) is 0 Å². The summed E-state index contributed by atoms with van der Waals surface area (Å²) in [6, 6.07) is 0. The lowest BCUT2D eigenvalue weighted by Gasteiger charge is -2.39. The highest BCUT2D eigenvalue weighted by Gasteiger charge is 2.34. The summed E-state index contributed by atoms with van der Waals surface area (Å²) in [4.78, 5) is 0. The molecule has 0 aliphatic heterocycles. The third-order valence-electron chi connectivity index (χ3n) is 3.57. The first kappa shape index (κ1) is 16.2. The van der Waals surface area contributed by atoms with E-state index in [1.54, 1.807) is 0 Å². The Bertz CT molecular complexity index is 258. The number of alkyl halides is 1. The van der Waals surface area contributed by atoms with Gasteiger partial charge in [0.05, 0.1) is 0 Å². The largest absolute Gasteiger partial charge is 0.325 e. The zero-order valence-corrected chi connectivity index (χ0v) is 13.5. The Morgan fingerprint density at radius 3 is 2.25 bits per heavy atom. The molecule has 0 spiro atoms. The molecule has 0 saturated heterocycles. The van der Waals surface area contributed by atoms with E-state index in [9.17, 15) is 0 Å². The van der Waals surface area contributed by atoms with Gasteiger partial charge in [0.15, 0.2) is 0 Å². The first-order chi connectivity index (χ1) is 7.13. The van der Waals surface area contributed by atoms with Crippen LogP contribution in [0.1, 0.15) is 47.5 Å². The molecule has 2 heteroatoms. The Labute approximate surface area is 115 Å². The van der Waals surface area contributed by atoms with Crippen molar-refractivity contribution < 1.29 is 0 Å². The molecule has 0 bridgehead atoms. The van der Waals surface area contributed by atoms with Gasteiger partial charge in [0.2, 0.25) is 0 Å². The fourth-order valence-electron chi connectivity index (χ4n) is 1.15. The molecule has 0 aromatic carbocycles. The first-order valence-corrected chi connectivity index (χ1v) is 7.16. The van der Waals surface area contributed by atoms with Crippen molar-refractivity contribution in [2.75, 3.05) is 0 Å². The zero-order chi connectivity index (χ0) is 13.0. The van der Waals surface area contributed by atoms with Gasteiger partial charge in [-0.2, -0.15) is 0 Å². The van der Waals surface area contributed by atoms with Crippen LogP contribution in [0.5, 0.6) is 0 Å². The molecule has 16 heavy (non-hydrogen) atoms. The van der Waals surface area contributed by atoms with Crippen LogP contribution in [0.25, 0.3) is 0 Å². The molecular weight excluding hydrogens is 309 g/mol. The van der Waals surface area contributed by atoms with Gasteiger partial charge in [-0.1, -0.05) is 62.1 Å². The lowest BCUT2D eigenvalue weighted by atomic mass is 9.70. The predicted octanol–water partition coefficient (Wildman–Crippen LogP) is 4.47. The van der Waals surface area contributed by atoms with Gasteiger partial charge >= 0.3 is 0 Å². The van der Waals surface area contributed by atoms with Crippen molar-refractivity contribution in [2.45, 2.75) is 56.9 Å². The Kier molecular flexibility index (Phi) is 6.26. The third-order valence-corrected chi connectivity index (χ3v) is 4.96. The van der Waals surface area contributed by atoms with E-state index in [1.807, 2.05) is 0 Å². The van der Waals surface area contributed by atoms with Crippen molar-refractivity contribution in [2.24, 2.45) is 11.1 Å². The quantitative estimate of drug-likeness (QED) is 0.433. The fraction of sp³-hybridized carbons (Fsp3) is 0.714. The molecule has 0 fully saturated rings. The SMILES string of the molecule is C=C(/C=C\CC(I)CC)C(C)(C)C(C)(C)N. The second kappa shape index (κ2) is 6.20. The van der Waals surface area contributed by atoms with Crippen molar-refractivity contribution in [3.63, 3.8) is 0 Å². The monoisotopic (exact) mass is 335 g/mol. The summed E-state index contributed by atoms with van der Waals surface area (Å²) < 4.78 is 0.718. The molecular formula is C14H26IN. The van der Waals surface area contributed by atoms with Gasteiger partial charge in [-0.3, -0.25) is 0 Å². The van der Waals surface area contributed by atoms with Crippen molar-refractivity contribution in [1.82, 2.24) is 0 Å². The minimum absolute atomic E-state index is 0.0729. The lowest BCUT2D eigenvalue weighted by molar-refractivity contribution is 0.260. The van der Waals surface area contributed by atoms with E-state index in [0.29, 0.717) is 0 Å². The molecule has 0 rings (SSSR count). The van der Waals surface area contributed by atoms with Gasteiger partial charge in [-0.05, 0) is 32.3 Å². The third kappa shape index (κ3) is 4.58. The molecule has 1 unspecified atom stereocenters. The number of rotatable bonds is 6. The second-order valence-corrected chi connectivity index (χ2v) is 7.28. The van der Waals surface area contributed by atoms with E-state index < -0.39 is 0 Å². The molecule has 1 nitrogen and oxygen atoms in total. The van der Waals surface area contributed by atoms with Crippen LogP contribution in [0.3, 0.4) is 0 Å². The number of nitrogens with two attached hydrogens (primary N) is 1. The Morgan fingerprint density at radius 1 is 1.38 bits per heavy atom. The van der Waals surface area contributed by atoms with Crippen molar-refractivity contribution >= 4 is 22.6 Å². The smallest absolute Gasteiger partial charge is 0.0189 e. The molecule has 0 aliphatic rings. The van der Waals surface area contributed by atoms with Crippen LogP contribution in [0.15, 0.2) is 24.3 Å². The predicted molar refractivity (Wildman–Crippen MR) is 83.0 cm³/mol. The van der Waals surface area contributed by atoms with E-state index in [2.05, 4.69) is 75.9 Å². The van der Waals surface area contributed by atoms with Gasteiger partial charge in [-0.15, -0.1) is 0 Å². The highest BCUT2D eigenvalue weighted by atomic mass is 127. The number of hydrogen-bond donors (Lipinski definition) is 1. The number of halogens is 1. The van der Waals surface area contributed by atoms with Crippen molar-refractivity contribution in [1.29, 1.82) is 0 Å². The van der Waals surface area contributed by atoms with E-state index in [0.717, 1.165) is 15.9 Å². The maximum absolute atomic E-state index is 6.18. The molecule has 0 aromatic rings. The molecule has 0 saturated carbocycles. The summed E-state index contributed by atoms with van der Waals surface area (Å²) in [5, 5.41) is 0. The fourth-order valence-corrected chi connectivity index (χ4v) is 1.44. The van der Waals surface area contributed by atoms with Crippen LogP contribution in [0.2, 0.25) is 0 Å². The second-order valence-electron chi connectivity index (χ2n) is 5.52. The molecule has 0 radical (unpaired) electrons. The van der Waals surface area contributed by atoms with Gasteiger partial charge in [0.25, 0.3) is 0 Å². The average Bonchev–Trinajstić information content (AvgIpc) is 2.15. The summed E-state index contributed by atoms with van der Waals surface area (Å²) >= 11 is 2.48. The van der Waals surface area contributed by atoms with Crippen LogP contribution >= 0.6 is 22.6 Å². The summed E-state index contributed by atoms with van der Waals surface area (Å²) in [6.07, 6.45) is 6.67. The maximum atomic E-state index is 6.18. The van der Waals surface area contributed by atoms with Crippen LogP contribution < -0.4 is 5.73 Å². The normalized spacial score (nSPS) is 15.4. The minimum atomic E-state index is -0.247. The van der Waals surface area contributed by atoms with E-state index in [4.69, 9.17) is 5.73 Å². The standard InChI is InChI=1S/C14H26IN/c1-7-12(15)10-8-9-11(2)13(3,4)14(5,6)16/h8-9,12H,2,7,10,16H2,1,3-6H3/b9-8-. The maximum Gasteiger partial charge on any atom is 0.0189 e. The van der Waals surface area contributed by atoms with Crippen LogP contribution in [-0.4, -0.2) is 9.46 Å². The average molecular weight is 335 g/mol. The molecule has 0 aromatic heterocycles. The lowest BCUT2D eigenvalue weighted by Crippen LogP contribution is -2.47. The van der Waals surface area contributed by atoms with E-state index in [1.165, 1.54) is 6.42 Å². The highest BCUT2D eigenvalue weighted by molar-refractivity contribution is 14.1. The molecule has 94 valence electrons.